The number of hydrogen-bond acceptors (Lipinski definition) is 7. The maximum absolute atomic E-state index is 5.73. The molecule has 0 fully saturated rings. The molecule has 0 saturated carbocycles. The fourth-order valence-electron chi connectivity index (χ4n) is 3.47. The van der Waals surface area contributed by atoms with E-state index in [-0.39, 0.29) is 6.04 Å². The van der Waals surface area contributed by atoms with Crippen LogP contribution in [0.2, 0.25) is 0 Å². The van der Waals surface area contributed by atoms with Crippen molar-refractivity contribution in [3.05, 3.63) is 73.6 Å². The Balaban J connectivity index is 1.48. The van der Waals surface area contributed by atoms with Gasteiger partial charge in [-0.25, -0.2) is 4.68 Å². The van der Waals surface area contributed by atoms with Gasteiger partial charge in [-0.3, -0.25) is 9.88 Å². The molecule has 1 aliphatic heterocycles. The number of nitrogens with zero attached hydrogens (tertiary/aromatic N) is 4. The van der Waals surface area contributed by atoms with Gasteiger partial charge in [0.2, 0.25) is 5.89 Å². The topological polar surface area (TPSA) is 47.1 Å². The van der Waals surface area contributed by atoms with Crippen molar-refractivity contribution in [1.29, 1.82) is 0 Å². The van der Waals surface area contributed by atoms with Gasteiger partial charge in [0.1, 0.15) is 0 Å². The van der Waals surface area contributed by atoms with Crippen LogP contribution < -0.4 is 0 Å². The average molecular weight is 413 g/mol. The van der Waals surface area contributed by atoms with Crippen LogP contribution in [0.1, 0.15) is 21.4 Å². The van der Waals surface area contributed by atoms with Crippen molar-refractivity contribution in [3.8, 4) is 11.5 Å². The Kier molecular flexibility index (Phi) is 4.48. The van der Waals surface area contributed by atoms with Gasteiger partial charge in [0.15, 0.2) is 0 Å². The molecule has 5 nitrogen and oxygen atoms in total. The van der Waals surface area contributed by atoms with Gasteiger partial charge in [0, 0.05) is 28.7 Å². The fraction of sp³-hybridized carbons (Fsp3) is 0.211. The molecule has 0 amide bonds. The Morgan fingerprint density at radius 1 is 1.19 bits per heavy atom. The van der Waals surface area contributed by atoms with E-state index in [1.165, 1.54) is 15.3 Å². The average Bonchev–Trinajstić information content (AvgIpc) is 3.44. The van der Waals surface area contributed by atoms with Crippen LogP contribution in [0.5, 0.6) is 0 Å². The van der Waals surface area contributed by atoms with Crippen molar-refractivity contribution in [2.75, 3.05) is 6.54 Å². The number of fused-ring (bicyclic) bond motifs is 1. The standard InChI is InChI=1S/C19H16N4OS3/c25-19-23(21-18(24-19)13-3-1-7-20-11-13)12-22-8-5-15-14(6-10-27-15)17(22)16-4-2-9-26-16/h1-4,6-7,9-11,17H,5,8,12H2/t17-/m1/s1. The molecule has 0 N–H and O–H groups in total. The maximum atomic E-state index is 5.73. The van der Waals surface area contributed by atoms with E-state index in [9.17, 15) is 0 Å². The summed E-state index contributed by atoms with van der Waals surface area (Å²) < 4.78 is 7.50. The van der Waals surface area contributed by atoms with Crippen LogP contribution >= 0.6 is 34.9 Å². The van der Waals surface area contributed by atoms with E-state index >= 15 is 0 Å². The highest BCUT2D eigenvalue weighted by Gasteiger charge is 2.31. The molecule has 0 spiro atoms. The molecule has 5 heterocycles. The van der Waals surface area contributed by atoms with Gasteiger partial charge in [-0.05, 0) is 59.2 Å². The van der Waals surface area contributed by atoms with Crippen molar-refractivity contribution in [2.45, 2.75) is 19.1 Å². The first-order valence-corrected chi connectivity index (χ1v) is 10.8. The Bertz CT molecular complexity index is 1100. The summed E-state index contributed by atoms with van der Waals surface area (Å²) in [5.41, 5.74) is 2.23. The van der Waals surface area contributed by atoms with E-state index in [4.69, 9.17) is 16.6 Å². The van der Waals surface area contributed by atoms with E-state index in [2.05, 4.69) is 43.9 Å². The zero-order valence-electron chi connectivity index (χ0n) is 14.3. The monoisotopic (exact) mass is 412 g/mol. The van der Waals surface area contributed by atoms with E-state index in [1.807, 2.05) is 23.5 Å². The summed E-state index contributed by atoms with van der Waals surface area (Å²) in [5.74, 6) is 0.508. The quantitative estimate of drug-likeness (QED) is 0.442. The van der Waals surface area contributed by atoms with Gasteiger partial charge in [-0.15, -0.1) is 27.8 Å². The molecule has 5 rings (SSSR count). The largest absolute Gasteiger partial charge is 0.409 e. The van der Waals surface area contributed by atoms with Crippen LogP contribution in [0, 0.1) is 4.84 Å². The summed E-state index contributed by atoms with van der Waals surface area (Å²) in [5, 5.41) is 8.93. The molecular formula is C19H16N4OS3. The lowest BCUT2D eigenvalue weighted by Crippen LogP contribution is -2.36. The molecule has 0 aliphatic carbocycles. The zero-order chi connectivity index (χ0) is 18.2. The highest BCUT2D eigenvalue weighted by molar-refractivity contribution is 7.71. The third-order valence-electron chi connectivity index (χ3n) is 4.71. The van der Waals surface area contributed by atoms with Crippen LogP contribution in [-0.4, -0.2) is 26.2 Å². The Hall–Kier alpha value is -2.13. The second kappa shape index (κ2) is 7.12. The van der Waals surface area contributed by atoms with Crippen LogP contribution in [-0.2, 0) is 13.1 Å². The highest BCUT2D eigenvalue weighted by Crippen LogP contribution is 2.39. The maximum Gasteiger partial charge on any atom is 0.288 e. The summed E-state index contributed by atoms with van der Waals surface area (Å²) in [6.07, 6.45) is 4.51. The van der Waals surface area contributed by atoms with E-state index in [1.54, 1.807) is 28.4 Å². The molecule has 136 valence electrons. The molecule has 0 saturated heterocycles. The van der Waals surface area contributed by atoms with Gasteiger partial charge in [-0.2, -0.15) is 0 Å². The third-order valence-corrected chi connectivity index (χ3v) is 6.92. The highest BCUT2D eigenvalue weighted by atomic mass is 32.1. The number of rotatable bonds is 4. The minimum absolute atomic E-state index is 0.237. The molecule has 0 aromatic carbocycles. The van der Waals surface area contributed by atoms with Gasteiger partial charge in [0.05, 0.1) is 18.3 Å². The number of thiophene rings is 2. The summed E-state index contributed by atoms with van der Waals surface area (Å²) in [7, 11) is 0. The Labute approximate surface area is 169 Å². The Morgan fingerprint density at radius 2 is 2.15 bits per heavy atom. The van der Waals surface area contributed by atoms with Crippen molar-refractivity contribution in [2.24, 2.45) is 0 Å². The molecule has 4 aromatic rings. The summed E-state index contributed by atoms with van der Waals surface area (Å²) >= 11 is 9.07. The van der Waals surface area contributed by atoms with Crippen molar-refractivity contribution in [1.82, 2.24) is 19.7 Å². The lowest BCUT2D eigenvalue weighted by Gasteiger charge is -2.34. The molecular weight excluding hydrogens is 396 g/mol. The van der Waals surface area contributed by atoms with E-state index < -0.39 is 0 Å². The SMILES string of the molecule is S=c1oc(-c2cccnc2)nn1CN1CCc2sccc2[C@@H]1c1cccs1. The van der Waals surface area contributed by atoms with Gasteiger partial charge < -0.3 is 4.42 Å². The van der Waals surface area contributed by atoms with E-state index in [0.29, 0.717) is 17.4 Å². The lowest BCUT2D eigenvalue weighted by molar-refractivity contribution is 0.157. The van der Waals surface area contributed by atoms with Crippen molar-refractivity contribution in [3.63, 3.8) is 0 Å². The van der Waals surface area contributed by atoms with Crippen LogP contribution in [0.4, 0.5) is 0 Å². The fourth-order valence-corrected chi connectivity index (χ4v) is 5.43. The molecule has 1 aliphatic rings. The first-order valence-electron chi connectivity index (χ1n) is 8.61. The van der Waals surface area contributed by atoms with Gasteiger partial charge in [0.25, 0.3) is 4.84 Å². The van der Waals surface area contributed by atoms with Crippen LogP contribution in [0.25, 0.3) is 11.5 Å². The smallest absolute Gasteiger partial charge is 0.288 e. The van der Waals surface area contributed by atoms with Gasteiger partial charge >= 0.3 is 0 Å². The summed E-state index contributed by atoms with van der Waals surface area (Å²) in [4.78, 5) is 9.76. The minimum Gasteiger partial charge on any atom is -0.409 e. The van der Waals surface area contributed by atoms with E-state index in [0.717, 1.165) is 18.5 Å². The minimum atomic E-state index is 0.237. The molecule has 8 heteroatoms. The predicted octanol–water partition coefficient (Wildman–Crippen LogP) is 5.00. The molecule has 0 radical (unpaired) electrons. The molecule has 27 heavy (non-hydrogen) atoms. The first kappa shape index (κ1) is 17.0. The molecule has 0 unspecified atom stereocenters. The Morgan fingerprint density at radius 3 is 2.96 bits per heavy atom. The predicted molar refractivity (Wildman–Crippen MR) is 109 cm³/mol. The number of pyridine rings is 1. The summed E-state index contributed by atoms with van der Waals surface area (Å²) in [6, 6.07) is 10.6. The number of hydrogen-bond donors (Lipinski definition) is 0. The first-order chi connectivity index (χ1) is 13.3. The van der Waals surface area contributed by atoms with Gasteiger partial charge in [-0.1, -0.05) is 6.07 Å². The zero-order valence-corrected chi connectivity index (χ0v) is 16.8. The third kappa shape index (κ3) is 3.19. The molecule has 4 aromatic heterocycles. The normalized spacial score (nSPS) is 17.1. The van der Waals surface area contributed by atoms with Crippen molar-refractivity contribution < 1.29 is 4.42 Å². The second-order valence-corrected chi connectivity index (χ2v) is 8.66. The molecule has 1 atom stereocenters. The number of aromatic nitrogens is 3. The van der Waals surface area contributed by atoms with Crippen LogP contribution in [0.3, 0.4) is 0 Å². The summed E-state index contributed by atoms with van der Waals surface area (Å²) in [6.45, 7) is 1.56. The molecule has 0 bridgehead atoms. The van der Waals surface area contributed by atoms with Crippen molar-refractivity contribution >= 4 is 34.9 Å². The second-order valence-electron chi connectivity index (χ2n) is 6.34. The van der Waals surface area contributed by atoms with Crippen LogP contribution in [0.15, 0.2) is 57.9 Å². The lowest BCUT2D eigenvalue weighted by atomic mass is 9.99.